The third-order valence-corrected chi connectivity index (χ3v) is 0.605. The van der Waals surface area contributed by atoms with Gasteiger partial charge in [-0.25, -0.2) is 0 Å². The van der Waals surface area contributed by atoms with Gasteiger partial charge in [0.15, 0.2) is 0 Å². The van der Waals surface area contributed by atoms with Gasteiger partial charge in [-0.15, -0.1) is 0 Å². The molecule has 0 unspecified atom stereocenters. The molecule has 0 spiro atoms. The van der Waals surface area contributed by atoms with E-state index in [1.807, 2.05) is 0 Å². The maximum absolute atomic E-state index is 9.65. The Morgan fingerprint density at radius 2 is 1.67 bits per heavy atom. The molecule has 0 aromatic heterocycles. The molecule has 0 saturated heterocycles. The summed E-state index contributed by atoms with van der Waals surface area (Å²) in [6.07, 6.45) is 0.500. The number of carboxylic acids is 1. The second-order valence-electron chi connectivity index (χ2n) is 1.19. The Hall–Kier alpha value is -0.366. The molecule has 3 nitrogen and oxygen atoms in total. The van der Waals surface area contributed by atoms with Crippen LogP contribution in [-0.4, -0.2) is 15.8 Å². The van der Waals surface area contributed by atoms with E-state index in [9.17, 15) is 4.79 Å². The summed E-state index contributed by atoms with van der Waals surface area (Å²) in [7, 11) is 0. The summed E-state index contributed by atoms with van der Waals surface area (Å²) in [6, 6.07) is 0. The molecular formula is C5H9NiO3. The Labute approximate surface area is 61.8 Å². The van der Waals surface area contributed by atoms with Gasteiger partial charge in [0.1, 0.15) is 0 Å². The second-order valence-corrected chi connectivity index (χ2v) is 1.74. The predicted molar refractivity (Wildman–Crippen MR) is 28.6 cm³/mol. The van der Waals surface area contributed by atoms with E-state index in [0.717, 1.165) is 6.92 Å². The average Bonchev–Trinajstić information content (AvgIpc) is 1.65. The minimum absolute atomic E-state index is 0.120. The number of aliphatic carboxylic acids is 1. The topological polar surface area (TPSA) is 54.4 Å². The first kappa shape index (κ1) is 11.4. The molecule has 9 heavy (non-hydrogen) atoms. The van der Waals surface area contributed by atoms with Crippen LogP contribution in [-0.2, 0) is 25.1 Å². The van der Waals surface area contributed by atoms with E-state index < -0.39 is 5.97 Å². The van der Waals surface area contributed by atoms with Crippen molar-refractivity contribution in [2.45, 2.75) is 20.3 Å². The van der Waals surface area contributed by atoms with Crippen molar-refractivity contribution in [1.82, 2.24) is 0 Å². The van der Waals surface area contributed by atoms with Crippen LogP contribution in [0.1, 0.15) is 20.3 Å². The number of hydrogen-bond donors (Lipinski definition) is 1. The fourth-order valence-corrected chi connectivity index (χ4v) is 0. The molecule has 0 amide bonds. The van der Waals surface area contributed by atoms with Gasteiger partial charge in [-0.1, -0.05) is 0 Å². The Kier molecular flexibility index (Phi) is 9.70. The van der Waals surface area contributed by atoms with Crippen LogP contribution in [0, 0.1) is 0 Å². The van der Waals surface area contributed by atoms with Crippen LogP contribution in [0.4, 0.5) is 0 Å². The van der Waals surface area contributed by atoms with Gasteiger partial charge < -0.3 is 5.11 Å². The van der Waals surface area contributed by atoms with Crippen LogP contribution in [0.15, 0.2) is 0 Å². The third-order valence-electron chi connectivity index (χ3n) is 0.256. The van der Waals surface area contributed by atoms with E-state index in [4.69, 9.17) is 9.90 Å². The van der Waals surface area contributed by atoms with Crippen molar-refractivity contribution in [3.05, 3.63) is 0 Å². The SMILES string of the molecule is CC(=O)O.CC[C](=O)[Ni]. The first-order valence-corrected chi connectivity index (χ1v) is 2.84. The molecular weight excluding hydrogens is 167 g/mol. The van der Waals surface area contributed by atoms with Gasteiger partial charge in [0, 0.05) is 6.92 Å². The summed E-state index contributed by atoms with van der Waals surface area (Å²) in [4.78, 5) is 18.6. The fraction of sp³-hybridized carbons (Fsp3) is 0.600. The zero-order valence-corrected chi connectivity index (χ0v) is 6.27. The van der Waals surface area contributed by atoms with E-state index in [2.05, 4.69) is 15.5 Å². The van der Waals surface area contributed by atoms with Crippen LogP contribution in [0.25, 0.3) is 0 Å². The van der Waals surface area contributed by atoms with Crippen molar-refractivity contribution in [2.24, 2.45) is 0 Å². The molecule has 0 fully saturated rings. The maximum atomic E-state index is 9.65. The summed E-state index contributed by atoms with van der Waals surface area (Å²) in [5, 5.41) is 7.42. The molecule has 0 saturated carbocycles. The molecule has 1 N–H and O–H groups in total. The number of carbonyl (C=O) groups excluding carboxylic acids is 1. The van der Waals surface area contributed by atoms with Gasteiger partial charge in [-0.2, -0.15) is 0 Å². The van der Waals surface area contributed by atoms with Crippen molar-refractivity contribution in [3.8, 4) is 0 Å². The molecule has 0 aliphatic carbocycles. The van der Waals surface area contributed by atoms with E-state index in [-0.39, 0.29) is 4.75 Å². The van der Waals surface area contributed by atoms with E-state index in [1.54, 1.807) is 6.92 Å². The van der Waals surface area contributed by atoms with Gasteiger partial charge in [0.2, 0.25) is 0 Å². The third kappa shape index (κ3) is 90.8. The van der Waals surface area contributed by atoms with E-state index >= 15 is 0 Å². The molecule has 0 atom stereocenters. The summed E-state index contributed by atoms with van der Waals surface area (Å²) in [5.41, 5.74) is 0. The van der Waals surface area contributed by atoms with Gasteiger partial charge in [0.05, 0.1) is 0 Å². The summed E-state index contributed by atoms with van der Waals surface area (Å²) >= 11 is 3.89. The summed E-state index contributed by atoms with van der Waals surface area (Å²) in [5.74, 6) is -0.833. The number of rotatable bonds is 1. The van der Waals surface area contributed by atoms with Crippen molar-refractivity contribution in [3.63, 3.8) is 0 Å². The molecule has 0 aliphatic rings. The van der Waals surface area contributed by atoms with Gasteiger partial charge in [-0.05, 0) is 0 Å². The molecule has 0 bridgehead atoms. The molecule has 0 aromatic rings. The summed E-state index contributed by atoms with van der Waals surface area (Å²) in [6.45, 7) is 2.84. The molecule has 4 heteroatoms. The van der Waals surface area contributed by atoms with Crippen molar-refractivity contribution in [1.29, 1.82) is 0 Å². The van der Waals surface area contributed by atoms with Crippen LogP contribution < -0.4 is 0 Å². The first-order chi connectivity index (χ1) is 4.00. The molecule has 0 rings (SSSR count). The zero-order chi connectivity index (χ0) is 7.86. The van der Waals surface area contributed by atoms with Crippen molar-refractivity contribution >= 4 is 10.7 Å². The van der Waals surface area contributed by atoms with E-state index in [0.29, 0.717) is 6.42 Å². The van der Waals surface area contributed by atoms with Gasteiger partial charge >= 0.3 is 38.4 Å². The average molecular weight is 176 g/mol. The van der Waals surface area contributed by atoms with Gasteiger partial charge in [0.25, 0.3) is 5.97 Å². The van der Waals surface area contributed by atoms with Crippen LogP contribution in [0.5, 0.6) is 0 Å². The van der Waals surface area contributed by atoms with Crippen molar-refractivity contribution in [2.75, 3.05) is 0 Å². The number of carbonyl (C=O) groups is 2. The fourth-order valence-electron chi connectivity index (χ4n) is 0. The minimum atomic E-state index is -0.833. The van der Waals surface area contributed by atoms with Crippen LogP contribution >= 0.6 is 0 Å². The van der Waals surface area contributed by atoms with Gasteiger partial charge in [-0.3, -0.25) is 4.79 Å². The number of hydrogen-bond acceptors (Lipinski definition) is 2. The standard InChI is InChI=1S/C3H5O.C2H4O2.Ni/c1-2-3-4;1-2(3)4;/h2H2,1H3;1H3,(H,3,4);. The Morgan fingerprint density at radius 1 is 1.56 bits per heavy atom. The second kappa shape index (κ2) is 7.63. The quantitative estimate of drug-likeness (QED) is 0.593. The molecule has 0 heterocycles. The molecule has 0 aliphatic heterocycles. The van der Waals surface area contributed by atoms with Crippen molar-refractivity contribution < 1.29 is 30.2 Å². The predicted octanol–water partition coefficient (Wildman–Crippen LogP) is 0.561. The zero-order valence-electron chi connectivity index (χ0n) is 5.29. The number of carboxylic acid groups (broad SMARTS) is 1. The van der Waals surface area contributed by atoms with Crippen LogP contribution in [0.2, 0.25) is 0 Å². The Balaban J connectivity index is 0. The molecule has 57 valence electrons. The van der Waals surface area contributed by atoms with E-state index in [1.165, 1.54) is 0 Å². The Bertz CT molecular complexity index is 96.4. The summed E-state index contributed by atoms with van der Waals surface area (Å²) < 4.78 is -0.120. The first-order valence-electron chi connectivity index (χ1n) is 2.35. The molecule has 0 aromatic carbocycles. The molecule has 0 radical (unpaired) electrons. The normalized spacial score (nSPS) is 7.11. The van der Waals surface area contributed by atoms with Crippen LogP contribution in [0.3, 0.4) is 0 Å². The Morgan fingerprint density at radius 3 is 1.67 bits per heavy atom. The monoisotopic (exact) mass is 175 g/mol.